The number of carbonyl (C=O) groups excluding carboxylic acids is 2. The maximum atomic E-state index is 14.4. The molecule has 1 heterocycles. The molecule has 0 aromatic heterocycles. The van der Waals surface area contributed by atoms with Crippen molar-refractivity contribution in [2.24, 2.45) is 59.2 Å². The highest BCUT2D eigenvalue weighted by Crippen LogP contribution is 2.66. The van der Waals surface area contributed by atoms with E-state index in [4.69, 9.17) is 0 Å². The largest absolute Gasteiger partial charge is 0.275 e. The smallest absolute Gasteiger partial charge is 0.256 e. The molecule has 10 unspecified atom stereocenters. The van der Waals surface area contributed by atoms with E-state index in [2.05, 4.69) is 13.8 Å². The molecular formula is C30H34F5NO2. The van der Waals surface area contributed by atoms with Gasteiger partial charge in [-0.15, -0.1) is 0 Å². The van der Waals surface area contributed by atoms with Crippen LogP contribution in [0.2, 0.25) is 0 Å². The van der Waals surface area contributed by atoms with Crippen molar-refractivity contribution in [2.75, 3.05) is 6.54 Å². The van der Waals surface area contributed by atoms with Gasteiger partial charge >= 0.3 is 0 Å². The zero-order chi connectivity index (χ0) is 27.4. The molecule has 0 radical (unpaired) electrons. The monoisotopic (exact) mass is 535 g/mol. The summed E-state index contributed by atoms with van der Waals surface area (Å²) in [4.78, 5) is 26.8. The number of nitrogens with zero attached hydrogens (tertiary/aromatic N) is 1. The van der Waals surface area contributed by atoms with E-state index in [1.54, 1.807) is 13.8 Å². The molecule has 4 fully saturated rings. The van der Waals surface area contributed by atoms with Gasteiger partial charge in [-0.25, -0.2) is 22.0 Å². The Balaban J connectivity index is 1.18. The number of fused-ring (bicyclic) bond motifs is 4. The number of imide groups is 1. The molecule has 206 valence electrons. The van der Waals surface area contributed by atoms with Crippen LogP contribution in [0.15, 0.2) is 11.1 Å². The van der Waals surface area contributed by atoms with E-state index in [0.29, 0.717) is 53.2 Å². The number of hydrogen-bond acceptors (Lipinski definition) is 2. The first-order chi connectivity index (χ1) is 17.9. The van der Waals surface area contributed by atoms with E-state index in [1.807, 2.05) is 0 Å². The summed E-state index contributed by atoms with van der Waals surface area (Å²) in [5.74, 6) is -6.20. The average Bonchev–Trinajstić information content (AvgIpc) is 3.68. The Morgan fingerprint density at radius 2 is 1.18 bits per heavy atom. The maximum Gasteiger partial charge on any atom is 0.256 e. The predicted molar refractivity (Wildman–Crippen MR) is 130 cm³/mol. The Morgan fingerprint density at radius 1 is 0.658 bits per heavy atom. The normalized spacial score (nSPS) is 40.0. The highest BCUT2D eigenvalue weighted by molar-refractivity contribution is 6.18. The quantitative estimate of drug-likeness (QED) is 0.188. The Labute approximate surface area is 219 Å². The summed E-state index contributed by atoms with van der Waals surface area (Å²) in [6.07, 6.45) is 3.64. The van der Waals surface area contributed by atoms with Crippen molar-refractivity contribution < 1.29 is 31.5 Å². The van der Waals surface area contributed by atoms with Crippen LogP contribution in [0.1, 0.15) is 58.9 Å². The third-order valence-corrected chi connectivity index (χ3v) is 11.6. The van der Waals surface area contributed by atoms with Crippen molar-refractivity contribution in [3.05, 3.63) is 45.8 Å². The lowest BCUT2D eigenvalue weighted by Gasteiger charge is -2.45. The zero-order valence-corrected chi connectivity index (χ0v) is 22.2. The second-order valence-corrected chi connectivity index (χ2v) is 12.9. The van der Waals surface area contributed by atoms with Crippen LogP contribution < -0.4 is 0 Å². The van der Waals surface area contributed by atoms with Crippen LogP contribution in [-0.2, 0) is 16.0 Å². The Morgan fingerprint density at radius 3 is 1.74 bits per heavy atom. The summed E-state index contributed by atoms with van der Waals surface area (Å²) in [6, 6.07) is 0. The lowest BCUT2D eigenvalue weighted by atomic mass is 9.60. The topological polar surface area (TPSA) is 37.4 Å². The summed E-state index contributed by atoms with van der Waals surface area (Å²) in [7, 11) is 0. The minimum absolute atomic E-state index is 0.110. The van der Waals surface area contributed by atoms with Crippen LogP contribution in [0.5, 0.6) is 0 Å². The molecule has 1 aromatic rings. The fraction of sp³-hybridized carbons (Fsp3) is 0.667. The first-order valence-electron chi connectivity index (χ1n) is 14.0. The van der Waals surface area contributed by atoms with Gasteiger partial charge < -0.3 is 0 Å². The minimum atomic E-state index is -2.11. The summed E-state index contributed by atoms with van der Waals surface area (Å²) < 4.78 is 69.9. The van der Waals surface area contributed by atoms with Crippen molar-refractivity contribution in [3.8, 4) is 0 Å². The number of benzene rings is 1. The van der Waals surface area contributed by atoms with Gasteiger partial charge in [0.15, 0.2) is 23.3 Å². The summed E-state index contributed by atoms with van der Waals surface area (Å²) >= 11 is 0. The predicted octanol–water partition coefficient (Wildman–Crippen LogP) is 6.45. The van der Waals surface area contributed by atoms with Crippen molar-refractivity contribution in [2.45, 2.75) is 59.8 Å². The van der Waals surface area contributed by atoms with Crippen LogP contribution >= 0.6 is 0 Å². The second kappa shape index (κ2) is 8.88. The molecule has 6 rings (SSSR count). The van der Waals surface area contributed by atoms with Gasteiger partial charge in [0.2, 0.25) is 5.82 Å². The van der Waals surface area contributed by atoms with Crippen LogP contribution in [0, 0.1) is 88.3 Å². The number of halogens is 5. The summed E-state index contributed by atoms with van der Waals surface area (Å²) in [5.41, 5.74) is 0.379. The van der Waals surface area contributed by atoms with E-state index in [-0.39, 0.29) is 41.9 Å². The van der Waals surface area contributed by atoms with Gasteiger partial charge in [0.05, 0.1) is 0 Å². The molecule has 3 nitrogen and oxygen atoms in total. The molecule has 4 bridgehead atoms. The standard InChI is InChI=1S/C30H34F5NO2/c1-11-12(2)30(38)36(29(11)37)10-18-5-15-7-20(18)23(13(15)3)22-14(4)19-9-17(22)6-16(19)8-21-24(31)26(33)28(35)27(34)25(21)32/h13-20,22-23H,5-10H2,1-4H3. The highest BCUT2D eigenvalue weighted by atomic mass is 19.2. The van der Waals surface area contributed by atoms with E-state index >= 15 is 0 Å². The van der Waals surface area contributed by atoms with E-state index < -0.39 is 34.6 Å². The molecule has 0 saturated heterocycles. The molecule has 0 N–H and O–H groups in total. The molecule has 4 saturated carbocycles. The van der Waals surface area contributed by atoms with Gasteiger partial charge in [0, 0.05) is 23.3 Å². The third-order valence-electron chi connectivity index (χ3n) is 11.6. The average molecular weight is 536 g/mol. The fourth-order valence-corrected chi connectivity index (χ4v) is 9.74. The first kappa shape index (κ1) is 26.0. The molecule has 38 heavy (non-hydrogen) atoms. The summed E-state index contributed by atoms with van der Waals surface area (Å²) in [6.45, 7) is 8.40. The Hall–Kier alpha value is -2.25. The van der Waals surface area contributed by atoms with E-state index in [9.17, 15) is 31.5 Å². The number of hydrogen-bond donors (Lipinski definition) is 0. The van der Waals surface area contributed by atoms with Crippen molar-refractivity contribution in [1.82, 2.24) is 4.90 Å². The second-order valence-electron chi connectivity index (χ2n) is 12.9. The van der Waals surface area contributed by atoms with Crippen LogP contribution in [0.3, 0.4) is 0 Å². The number of amides is 2. The van der Waals surface area contributed by atoms with Crippen LogP contribution in [0.4, 0.5) is 22.0 Å². The molecule has 1 aliphatic heterocycles. The summed E-state index contributed by atoms with van der Waals surface area (Å²) in [5, 5.41) is 0. The van der Waals surface area contributed by atoms with Gasteiger partial charge in [-0.3, -0.25) is 14.5 Å². The SMILES string of the molecule is CC1=C(C)C(=O)N(CC2CC3CC2C(C2C4CC(Cc5c(F)c(F)c(F)c(F)c5F)C(C4)C2C)C3C)C1=O. The first-order valence-corrected chi connectivity index (χ1v) is 14.0. The Kier molecular flexibility index (Phi) is 6.08. The minimum Gasteiger partial charge on any atom is -0.275 e. The lowest BCUT2D eigenvalue weighted by Crippen LogP contribution is -2.44. The molecule has 1 aromatic carbocycles. The van der Waals surface area contributed by atoms with Crippen LogP contribution in [0.25, 0.3) is 0 Å². The van der Waals surface area contributed by atoms with Gasteiger partial charge in [-0.1, -0.05) is 13.8 Å². The number of rotatable bonds is 5. The third kappa shape index (κ3) is 3.50. The maximum absolute atomic E-state index is 14.4. The fourth-order valence-electron chi connectivity index (χ4n) is 9.74. The molecule has 10 atom stereocenters. The Bertz CT molecular complexity index is 1200. The molecule has 8 heteroatoms. The van der Waals surface area contributed by atoms with Gasteiger partial charge in [0.25, 0.3) is 11.8 Å². The van der Waals surface area contributed by atoms with Crippen molar-refractivity contribution in [1.29, 1.82) is 0 Å². The molecule has 4 aliphatic carbocycles. The molecule has 0 spiro atoms. The van der Waals surface area contributed by atoms with Gasteiger partial charge in [-0.05, 0) is 105 Å². The van der Waals surface area contributed by atoms with Crippen molar-refractivity contribution >= 4 is 11.8 Å². The lowest BCUT2D eigenvalue weighted by molar-refractivity contribution is -0.139. The van der Waals surface area contributed by atoms with Gasteiger partial charge in [-0.2, -0.15) is 0 Å². The highest BCUT2D eigenvalue weighted by Gasteiger charge is 2.60. The molecule has 5 aliphatic rings. The molecule has 2 amide bonds. The van der Waals surface area contributed by atoms with E-state index in [1.165, 1.54) is 4.90 Å². The van der Waals surface area contributed by atoms with Crippen LogP contribution in [-0.4, -0.2) is 23.3 Å². The number of carbonyl (C=O) groups is 2. The van der Waals surface area contributed by atoms with E-state index in [0.717, 1.165) is 25.7 Å². The zero-order valence-electron chi connectivity index (χ0n) is 22.2. The molecular weight excluding hydrogens is 501 g/mol. The van der Waals surface area contributed by atoms with Crippen molar-refractivity contribution in [3.63, 3.8) is 0 Å². The van der Waals surface area contributed by atoms with Gasteiger partial charge in [0.1, 0.15) is 0 Å².